The normalized spacial score (nSPS) is 12.5. The number of aromatic nitrogens is 2. The zero-order valence-electron chi connectivity index (χ0n) is 13.8. The van der Waals surface area contributed by atoms with E-state index in [1.807, 2.05) is 48.8 Å². The van der Waals surface area contributed by atoms with E-state index in [1.165, 1.54) is 0 Å². The van der Waals surface area contributed by atoms with Gasteiger partial charge in [-0.2, -0.15) is 0 Å². The molecule has 0 aliphatic carbocycles. The van der Waals surface area contributed by atoms with Crippen LogP contribution in [0.25, 0.3) is 11.0 Å². The number of ether oxygens (including phenoxy) is 1. The summed E-state index contributed by atoms with van der Waals surface area (Å²) in [7, 11) is 0. The second kappa shape index (κ2) is 7.54. The minimum absolute atomic E-state index is 0.269. The van der Waals surface area contributed by atoms with E-state index in [1.54, 1.807) is 18.4 Å². The number of fused-ring (bicyclic) bond motifs is 1. The molecule has 1 unspecified atom stereocenters. The minimum Gasteiger partial charge on any atom is -0.467 e. The quantitative estimate of drug-likeness (QED) is 0.414. The average Bonchev–Trinajstić information content (AvgIpc) is 3.30. The lowest BCUT2D eigenvalue weighted by Gasteiger charge is -2.17. The molecule has 2 aromatic heterocycles. The number of furan rings is 1. The van der Waals surface area contributed by atoms with E-state index in [9.17, 15) is 0 Å². The lowest BCUT2D eigenvalue weighted by atomic mass is 10.2. The summed E-state index contributed by atoms with van der Waals surface area (Å²) in [5.74, 6) is 0.757. The molecule has 0 N–H and O–H groups in total. The Hall–Kier alpha value is -2.27. The van der Waals surface area contributed by atoms with Gasteiger partial charge in [0.25, 0.3) is 0 Å². The van der Waals surface area contributed by atoms with Crippen molar-refractivity contribution in [1.29, 1.82) is 0 Å². The van der Waals surface area contributed by atoms with Crippen LogP contribution in [0, 0.1) is 0 Å². The molecule has 4 rings (SSSR count). The Labute approximate surface area is 160 Å². The first-order valence-corrected chi connectivity index (χ1v) is 8.95. The summed E-state index contributed by atoms with van der Waals surface area (Å²) < 4.78 is 13.8. The van der Waals surface area contributed by atoms with Crippen molar-refractivity contribution in [3.63, 3.8) is 0 Å². The van der Waals surface area contributed by atoms with Crippen LogP contribution < -0.4 is 0 Å². The molecule has 4 aromatic rings. The fourth-order valence-electron chi connectivity index (χ4n) is 2.86. The standard InChI is InChI=1S/C20H16Cl2N2O2/c21-15-8-7-14(16(22)10-15)12-26-20(19-6-3-9-25-19)11-24-13-23-17-4-1-2-5-18(17)24/h1-10,13,20H,11-12H2. The molecule has 0 saturated heterocycles. The largest absolute Gasteiger partial charge is 0.467 e. The first kappa shape index (κ1) is 17.2. The van der Waals surface area contributed by atoms with Crippen LogP contribution in [0.2, 0.25) is 10.0 Å². The zero-order chi connectivity index (χ0) is 17.9. The Kier molecular flexibility index (Phi) is 4.98. The molecule has 2 heterocycles. The highest BCUT2D eigenvalue weighted by atomic mass is 35.5. The predicted octanol–water partition coefficient (Wildman–Crippen LogP) is 5.89. The van der Waals surface area contributed by atoms with Crippen molar-refractivity contribution in [2.24, 2.45) is 0 Å². The van der Waals surface area contributed by atoms with Gasteiger partial charge in [-0.05, 0) is 42.0 Å². The monoisotopic (exact) mass is 386 g/mol. The average molecular weight is 387 g/mol. The van der Waals surface area contributed by atoms with E-state index in [-0.39, 0.29) is 6.10 Å². The molecule has 1 atom stereocenters. The van der Waals surface area contributed by atoms with Gasteiger partial charge >= 0.3 is 0 Å². The Morgan fingerprint density at radius 1 is 1.08 bits per heavy atom. The van der Waals surface area contributed by atoms with Crippen molar-refractivity contribution < 1.29 is 9.15 Å². The van der Waals surface area contributed by atoms with E-state index in [0.717, 1.165) is 22.4 Å². The van der Waals surface area contributed by atoms with E-state index >= 15 is 0 Å². The van der Waals surface area contributed by atoms with Gasteiger partial charge in [-0.25, -0.2) is 4.98 Å². The summed E-state index contributed by atoms with van der Waals surface area (Å²) in [4.78, 5) is 4.44. The van der Waals surface area contributed by atoms with Gasteiger partial charge in [0, 0.05) is 10.0 Å². The van der Waals surface area contributed by atoms with Gasteiger partial charge in [-0.3, -0.25) is 0 Å². The molecule has 0 spiro atoms. The highest BCUT2D eigenvalue weighted by Crippen LogP contribution is 2.27. The van der Waals surface area contributed by atoms with Gasteiger partial charge in [-0.1, -0.05) is 41.4 Å². The van der Waals surface area contributed by atoms with Crippen molar-refractivity contribution in [3.8, 4) is 0 Å². The van der Waals surface area contributed by atoms with Gasteiger partial charge in [0.05, 0.1) is 36.8 Å². The third kappa shape index (κ3) is 3.63. The topological polar surface area (TPSA) is 40.2 Å². The Bertz CT molecular complexity index is 1010. The van der Waals surface area contributed by atoms with Gasteiger partial charge < -0.3 is 13.7 Å². The van der Waals surface area contributed by atoms with Crippen LogP contribution in [0.1, 0.15) is 17.4 Å². The van der Waals surface area contributed by atoms with Crippen molar-refractivity contribution in [2.45, 2.75) is 19.3 Å². The van der Waals surface area contributed by atoms with Gasteiger partial charge in [0.1, 0.15) is 11.9 Å². The lowest BCUT2D eigenvalue weighted by Crippen LogP contribution is -2.12. The van der Waals surface area contributed by atoms with Gasteiger partial charge in [0.15, 0.2) is 0 Å². The molecule has 0 aliphatic heterocycles. The first-order chi connectivity index (χ1) is 12.7. The summed E-state index contributed by atoms with van der Waals surface area (Å²) in [6.45, 7) is 0.938. The van der Waals surface area contributed by atoms with Crippen molar-refractivity contribution in [3.05, 3.63) is 88.6 Å². The maximum atomic E-state index is 6.26. The van der Waals surface area contributed by atoms with Crippen LogP contribution in [0.3, 0.4) is 0 Å². The highest BCUT2D eigenvalue weighted by Gasteiger charge is 2.18. The molecule has 132 valence electrons. The van der Waals surface area contributed by atoms with Crippen LogP contribution in [0.5, 0.6) is 0 Å². The molecule has 0 amide bonds. The van der Waals surface area contributed by atoms with Gasteiger partial charge in [-0.15, -0.1) is 0 Å². The molecular weight excluding hydrogens is 371 g/mol. The lowest BCUT2D eigenvalue weighted by molar-refractivity contribution is 0.0147. The maximum absolute atomic E-state index is 6.26. The fraction of sp³-hybridized carbons (Fsp3) is 0.150. The number of benzene rings is 2. The summed E-state index contributed by atoms with van der Waals surface area (Å²) in [5.41, 5.74) is 2.88. The molecule has 0 fully saturated rings. The molecule has 6 heteroatoms. The summed E-state index contributed by atoms with van der Waals surface area (Å²) in [6, 6.07) is 17.2. The molecule has 0 aliphatic rings. The van der Waals surface area contributed by atoms with E-state index in [2.05, 4.69) is 9.55 Å². The Balaban J connectivity index is 1.57. The van der Waals surface area contributed by atoms with E-state index in [0.29, 0.717) is 23.2 Å². The molecule has 0 bridgehead atoms. The Morgan fingerprint density at radius 2 is 1.96 bits per heavy atom. The minimum atomic E-state index is -0.269. The summed E-state index contributed by atoms with van der Waals surface area (Å²) >= 11 is 12.2. The molecule has 26 heavy (non-hydrogen) atoms. The second-order valence-electron chi connectivity index (χ2n) is 5.94. The molecular formula is C20H16Cl2N2O2. The molecule has 2 aromatic carbocycles. The molecule has 4 nitrogen and oxygen atoms in total. The van der Waals surface area contributed by atoms with Crippen molar-refractivity contribution >= 4 is 34.2 Å². The number of nitrogens with zero attached hydrogens (tertiary/aromatic N) is 2. The third-order valence-corrected chi connectivity index (χ3v) is 4.79. The number of hydrogen-bond acceptors (Lipinski definition) is 3. The van der Waals surface area contributed by atoms with Crippen LogP contribution in [-0.4, -0.2) is 9.55 Å². The third-order valence-electron chi connectivity index (χ3n) is 4.21. The van der Waals surface area contributed by atoms with E-state index in [4.69, 9.17) is 32.4 Å². The fourth-order valence-corrected chi connectivity index (χ4v) is 3.33. The molecule has 0 radical (unpaired) electrons. The van der Waals surface area contributed by atoms with Crippen LogP contribution in [0.4, 0.5) is 0 Å². The number of para-hydroxylation sites is 2. The second-order valence-corrected chi connectivity index (χ2v) is 6.78. The SMILES string of the molecule is Clc1ccc(COC(Cn2cnc3ccccc32)c2ccco2)c(Cl)c1. The number of imidazole rings is 1. The summed E-state index contributed by atoms with van der Waals surface area (Å²) in [5, 5.41) is 1.19. The van der Waals surface area contributed by atoms with Crippen LogP contribution >= 0.6 is 23.2 Å². The van der Waals surface area contributed by atoms with Crippen LogP contribution in [0.15, 0.2) is 71.6 Å². The smallest absolute Gasteiger partial charge is 0.134 e. The number of hydrogen-bond donors (Lipinski definition) is 0. The Morgan fingerprint density at radius 3 is 2.77 bits per heavy atom. The zero-order valence-corrected chi connectivity index (χ0v) is 15.3. The number of rotatable bonds is 6. The highest BCUT2D eigenvalue weighted by molar-refractivity contribution is 6.35. The summed E-state index contributed by atoms with van der Waals surface area (Å²) in [6.07, 6.45) is 3.20. The van der Waals surface area contributed by atoms with Crippen LogP contribution in [-0.2, 0) is 17.9 Å². The van der Waals surface area contributed by atoms with Gasteiger partial charge in [0.2, 0.25) is 0 Å². The van der Waals surface area contributed by atoms with Crippen molar-refractivity contribution in [1.82, 2.24) is 9.55 Å². The van der Waals surface area contributed by atoms with E-state index < -0.39 is 0 Å². The first-order valence-electron chi connectivity index (χ1n) is 8.19. The molecule has 0 saturated carbocycles. The number of halogens is 2. The predicted molar refractivity (Wildman–Crippen MR) is 102 cm³/mol. The maximum Gasteiger partial charge on any atom is 0.134 e. The van der Waals surface area contributed by atoms with Crippen molar-refractivity contribution in [2.75, 3.05) is 0 Å².